The van der Waals surface area contributed by atoms with E-state index in [-0.39, 0.29) is 16.6 Å². The molecule has 7 heteroatoms. The zero-order chi connectivity index (χ0) is 14.0. The van der Waals surface area contributed by atoms with E-state index in [9.17, 15) is 8.42 Å². The van der Waals surface area contributed by atoms with Crippen LogP contribution in [0.4, 0.5) is 5.69 Å². The smallest absolute Gasteiger partial charge is 0.246 e. The van der Waals surface area contributed by atoms with Gasteiger partial charge in [0.25, 0.3) is 0 Å². The maximum absolute atomic E-state index is 12.7. The van der Waals surface area contributed by atoms with E-state index in [1.165, 1.54) is 22.8 Å². The van der Waals surface area contributed by atoms with Crippen molar-refractivity contribution in [1.82, 2.24) is 14.2 Å². The number of rotatable bonds is 2. The summed E-state index contributed by atoms with van der Waals surface area (Å²) in [6, 6.07) is 1.44. The lowest BCUT2D eigenvalue weighted by atomic mass is 10.3. The lowest BCUT2D eigenvalue weighted by Crippen LogP contribution is -2.42. The minimum Gasteiger partial charge on any atom is -0.398 e. The first-order valence-corrected chi connectivity index (χ1v) is 7.77. The Hall–Kier alpha value is -1.18. The van der Waals surface area contributed by atoms with Gasteiger partial charge in [0.2, 0.25) is 10.0 Å². The minimum absolute atomic E-state index is 0.0721. The summed E-state index contributed by atoms with van der Waals surface area (Å²) in [4.78, 5) is 6.12. The summed E-state index contributed by atoms with van der Waals surface area (Å²) in [6.07, 6.45) is 3.64. The molecule has 1 aromatic rings. The zero-order valence-electron chi connectivity index (χ0n) is 11.3. The second-order valence-electron chi connectivity index (χ2n) is 4.99. The molecule has 0 aromatic carbocycles. The van der Waals surface area contributed by atoms with Crippen molar-refractivity contribution >= 4 is 15.7 Å². The highest BCUT2D eigenvalue weighted by Crippen LogP contribution is 2.24. The molecule has 0 bridgehead atoms. The molecule has 19 heavy (non-hydrogen) atoms. The molecule has 1 fully saturated rings. The highest BCUT2D eigenvalue weighted by Gasteiger charge is 2.32. The molecule has 1 atom stereocenters. The van der Waals surface area contributed by atoms with Gasteiger partial charge in [-0.05, 0) is 33.0 Å². The number of sulfonamides is 1. The molecule has 1 aliphatic rings. The Bertz CT molecular complexity index is 546. The van der Waals surface area contributed by atoms with Gasteiger partial charge in [-0.1, -0.05) is 0 Å². The Balaban J connectivity index is 2.36. The third-order valence-corrected chi connectivity index (χ3v) is 5.45. The SMILES string of the molecule is CC1CN(C)CCCN1S(=O)(=O)c1cnccc1N. The lowest BCUT2D eigenvalue weighted by molar-refractivity contribution is 0.290. The number of nitrogen functional groups attached to an aromatic ring is 1. The van der Waals surface area contributed by atoms with Gasteiger partial charge in [-0.3, -0.25) is 4.98 Å². The monoisotopic (exact) mass is 284 g/mol. The molecule has 2 rings (SSSR count). The van der Waals surface area contributed by atoms with Crippen LogP contribution in [0.3, 0.4) is 0 Å². The lowest BCUT2D eigenvalue weighted by Gasteiger charge is -2.27. The van der Waals surface area contributed by atoms with E-state index in [4.69, 9.17) is 5.73 Å². The Morgan fingerprint density at radius 3 is 2.84 bits per heavy atom. The predicted octanol–water partition coefficient (Wildman–Crippen LogP) is 0.379. The summed E-state index contributed by atoms with van der Waals surface area (Å²) in [5.41, 5.74) is 6.02. The number of anilines is 1. The van der Waals surface area contributed by atoms with Gasteiger partial charge in [0.05, 0.1) is 5.69 Å². The fraction of sp³-hybridized carbons (Fsp3) is 0.583. The summed E-state index contributed by atoms with van der Waals surface area (Å²) in [5, 5.41) is 0. The van der Waals surface area contributed by atoms with Gasteiger partial charge in [0.1, 0.15) is 4.90 Å². The van der Waals surface area contributed by atoms with E-state index in [1.54, 1.807) is 0 Å². The van der Waals surface area contributed by atoms with E-state index in [0.717, 1.165) is 19.5 Å². The van der Waals surface area contributed by atoms with Crippen molar-refractivity contribution in [3.8, 4) is 0 Å². The van der Waals surface area contributed by atoms with Crippen LogP contribution in [0.15, 0.2) is 23.4 Å². The molecule has 0 radical (unpaired) electrons. The predicted molar refractivity (Wildman–Crippen MR) is 74.1 cm³/mol. The van der Waals surface area contributed by atoms with Crippen molar-refractivity contribution in [3.63, 3.8) is 0 Å². The first kappa shape index (κ1) is 14.2. The first-order chi connectivity index (χ1) is 8.93. The number of nitrogens with two attached hydrogens (primary N) is 1. The number of aromatic nitrogens is 1. The molecule has 0 spiro atoms. The first-order valence-electron chi connectivity index (χ1n) is 6.33. The molecular weight excluding hydrogens is 264 g/mol. The summed E-state index contributed by atoms with van der Waals surface area (Å²) < 4.78 is 26.9. The van der Waals surface area contributed by atoms with Crippen LogP contribution in [-0.4, -0.2) is 55.3 Å². The fourth-order valence-electron chi connectivity index (χ4n) is 2.44. The molecule has 1 unspecified atom stereocenters. The molecule has 0 amide bonds. The molecule has 2 heterocycles. The van der Waals surface area contributed by atoms with Gasteiger partial charge >= 0.3 is 0 Å². The van der Waals surface area contributed by atoms with Crippen LogP contribution < -0.4 is 5.73 Å². The highest BCUT2D eigenvalue weighted by molar-refractivity contribution is 7.89. The summed E-state index contributed by atoms with van der Waals surface area (Å²) >= 11 is 0. The second kappa shape index (κ2) is 5.44. The van der Waals surface area contributed by atoms with Gasteiger partial charge in [0, 0.05) is 31.5 Å². The number of likely N-dealkylation sites (N-methyl/N-ethyl adjacent to an activating group) is 1. The molecule has 0 saturated carbocycles. The van der Waals surface area contributed by atoms with Crippen LogP contribution in [0.2, 0.25) is 0 Å². The van der Waals surface area contributed by atoms with Crippen LogP contribution in [0.5, 0.6) is 0 Å². The largest absolute Gasteiger partial charge is 0.398 e. The number of nitrogens with zero attached hydrogens (tertiary/aromatic N) is 3. The van der Waals surface area contributed by atoms with Crippen molar-refractivity contribution in [2.24, 2.45) is 0 Å². The standard InChI is InChI=1S/C12H20N4O2S/c1-10-9-15(2)6-3-7-16(10)19(17,18)12-8-14-5-4-11(12)13/h4-5,8,10H,3,6-7,9H2,1-2H3,(H2,13,14). The summed E-state index contributed by atoms with van der Waals surface area (Å²) in [6.45, 7) is 4.06. The van der Waals surface area contributed by atoms with Gasteiger partial charge in [-0.15, -0.1) is 0 Å². The molecule has 106 valence electrons. The molecule has 1 aromatic heterocycles. The van der Waals surface area contributed by atoms with Gasteiger partial charge in [-0.25, -0.2) is 8.42 Å². The Kier molecular flexibility index (Phi) is 4.07. The Labute approximate surface area is 114 Å². The fourth-order valence-corrected chi connectivity index (χ4v) is 4.16. The van der Waals surface area contributed by atoms with Crippen LogP contribution in [0, 0.1) is 0 Å². The third kappa shape index (κ3) is 2.88. The molecule has 1 aliphatic heterocycles. The summed E-state index contributed by atoms with van der Waals surface area (Å²) in [5.74, 6) is 0. The van der Waals surface area contributed by atoms with Crippen LogP contribution >= 0.6 is 0 Å². The average molecular weight is 284 g/mol. The molecule has 2 N–H and O–H groups in total. The number of hydrogen-bond acceptors (Lipinski definition) is 5. The summed E-state index contributed by atoms with van der Waals surface area (Å²) in [7, 11) is -1.56. The Morgan fingerprint density at radius 1 is 1.42 bits per heavy atom. The number of hydrogen-bond donors (Lipinski definition) is 1. The van der Waals surface area contributed by atoms with E-state index >= 15 is 0 Å². The van der Waals surface area contributed by atoms with Crippen molar-refractivity contribution in [2.45, 2.75) is 24.3 Å². The molecule has 6 nitrogen and oxygen atoms in total. The van der Waals surface area contributed by atoms with Gasteiger partial charge in [0.15, 0.2) is 0 Å². The normalized spacial score (nSPS) is 23.2. The van der Waals surface area contributed by atoms with Crippen molar-refractivity contribution in [2.75, 3.05) is 32.4 Å². The van der Waals surface area contributed by atoms with Gasteiger partial charge < -0.3 is 10.6 Å². The van der Waals surface area contributed by atoms with E-state index < -0.39 is 10.0 Å². The Morgan fingerprint density at radius 2 is 2.16 bits per heavy atom. The van der Waals surface area contributed by atoms with Crippen LogP contribution in [-0.2, 0) is 10.0 Å². The number of pyridine rings is 1. The van der Waals surface area contributed by atoms with Crippen LogP contribution in [0.25, 0.3) is 0 Å². The van der Waals surface area contributed by atoms with Crippen molar-refractivity contribution < 1.29 is 8.42 Å². The van der Waals surface area contributed by atoms with E-state index in [1.807, 2.05) is 14.0 Å². The quantitative estimate of drug-likeness (QED) is 0.849. The molecule has 1 saturated heterocycles. The molecule has 0 aliphatic carbocycles. The van der Waals surface area contributed by atoms with Crippen molar-refractivity contribution in [1.29, 1.82) is 0 Å². The average Bonchev–Trinajstić information content (AvgIpc) is 2.50. The minimum atomic E-state index is -3.57. The maximum Gasteiger partial charge on any atom is 0.246 e. The second-order valence-corrected chi connectivity index (χ2v) is 6.85. The zero-order valence-corrected chi connectivity index (χ0v) is 12.1. The molecular formula is C12H20N4O2S. The van der Waals surface area contributed by atoms with Gasteiger partial charge in [-0.2, -0.15) is 4.31 Å². The van der Waals surface area contributed by atoms with Crippen LogP contribution in [0.1, 0.15) is 13.3 Å². The van der Waals surface area contributed by atoms with E-state index in [0.29, 0.717) is 6.54 Å². The topological polar surface area (TPSA) is 79.5 Å². The van der Waals surface area contributed by atoms with E-state index in [2.05, 4.69) is 9.88 Å². The highest BCUT2D eigenvalue weighted by atomic mass is 32.2. The third-order valence-electron chi connectivity index (χ3n) is 3.39. The van der Waals surface area contributed by atoms with Crippen molar-refractivity contribution in [3.05, 3.63) is 18.5 Å². The maximum atomic E-state index is 12.7.